The fraction of sp³-hybridized carbons (Fsp3) is 0.267. The second kappa shape index (κ2) is 6.81. The van der Waals surface area contributed by atoms with E-state index in [0.717, 1.165) is 17.1 Å². The molecule has 0 unspecified atom stereocenters. The van der Waals surface area contributed by atoms with Crippen molar-refractivity contribution in [3.05, 3.63) is 47.3 Å². The lowest BCUT2D eigenvalue weighted by Crippen LogP contribution is -2.26. The lowest BCUT2D eigenvalue weighted by atomic mass is 10.2. The van der Waals surface area contributed by atoms with Crippen LogP contribution in [0.3, 0.4) is 0 Å². The fourth-order valence-electron chi connectivity index (χ4n) is 1.89. The third kappa shape index (κ3) is 4.25. The summed E-state index contributed by atoms with van der Waals surface area (Å²) < 4.78 is 0. The highest BCUT2D eigenvalue weighted by molar-refractivity contribution is 5.94. The van der Waals surface area contributed by atoms with E-state index in [1.807, 2.05) is 19.9 Å². The molecule has 0 fully saturated rings. The second-order valence-corrected chi connectivity index (χ2v) is 4.66. The number of nitrogens with one attached hydrogen (secondary N) is 2. The Morgan fingerprint density at radius 2 is 1.76 bits per heavy atom. The summed E-state index contributed by atoms with van der Waals surface area (Å²) in [5.74, 6) is 0.322. The van der Waals surface area contributed by atoms with Gasteiger partial charge < -0.3 is 15.7 Å². The average Bonchev–Trinajstić information content (AvgIpc) is 2.44. The lowest BCUT2D eigenvalue weighted by molar-refractivity contribution is 0.0945. The maximum atomic E-state index is 11.7. The standard InChI is InChI=1S/C15H18N4O2/c1-10-9-11(2)18-15(17-10)19-13-5-3-12(4-6-13)14(21)16-7-8-20/h3-6,9,20H,7-8H2,1-2H3,(H,16,21)(H,17,18,19). The van der Waals surface area contributed by atoms with Crippen LogP contribution < -0.4 is 10.6 Å². The van der Waals surface area contributed by atoms with E-state index in [1.54, 1.807) is 24.3 Å². The van der Waals surface area contributed by atoms with Crippen LogP contribution in [0, 0.1) is 13.8 Å². The Hall–Kier alpha value is -2.47. The first-order chi connectivity index (χ1) is 10.1. The van der Waals surface area contributed by atoms with Gasteiger partial charge in [-0.05, 0) is 44.2 Å². The van der Waals surface area contributed by atoms with E-state index < -0.39 is 0 Å². The summed E-state index contributed by atoms with van der Waals surface area (Å²) in [6.45, 7) is 3.99. The first-order valence-corrected chi connectivity index (χ1v) is 6.67. The van der Waals surface area contributed by atoms with E-state index in [2.05, 4.69) is 20.6 Å². The molecule has 1 aromatic carbocycles. The molecule has 0 aliphatic carbocycles. The van der Waals surface area contributed by atoms with Gasteiger partial charge in [0.15, 0.2) is 0 Å². The van der Waals surface area contributed by atoms with Gasteiger partial charge in [-0.3, -0.25) is 4.79 Å². The number of hydrogen-bond acceptors (Lipinski definition) is 5. The molecule has 0 bridgehead atoms. The van der Waals surface area contributed by atoms with Crippen molar-refractivity contribution in [2.75, 3.05) is 18.5 Å². The maximum absolute atomic E-state index is 11.7. The van der Waals surface area contributed by atoms with Gasteiger partial charge in [-0.1, -0.05) is 0 Å². The van der Waals surface area contributed by atoms with Crippen LogP contribution in [0.1, 0.15) is 21.7 Å². The van der Waals surface area contributed by atoms with Crippen molar-refractivity contribution in [2.45, 2.75) is 13.8 Å². The molecule has 3 N–H and O–H groups in total. The van der Waals surface area contributed by atoms with E-state index in [0.29, 0.717) is 11.5 Å². The molecule has 0 atom stereocenters. The number of nitrogens with zero attached hydrogens (tertiary/aromatic N) is 2. The van der Waals surface area contributed by atoms with E-state index in [-0.39, 0.29) is 19.1 Å². The van der Waals surface area contributed by atoms with E-state index in [4.69, 9.17) is 5.11 Å². The summed E-state index contributed by atoms with van der Waals surface area (Å²) in [5, 5.41) is 14.4. The molecule has 0 spiro atoms. The monoisotopic (exact) mass is 286 g/mol. The van der Waals surface area contributed by atoms with Gasteiger partial charge in [0.25, 0.3) is 5.91 Å². The molecule has 2 aromatic rings. The van der Waals surface area contributed by atoms with Crippen LogP contribution in [0.4, 0.5) is 11.6 Å². The molecule has 6 heteroatoms. The van der Waals surface area contributed by atoms with Gasteiger partial charge in [0.1, 0.15) is 0 Å². The molecule has 1 amide bonds. The SMILES string of the molecule is Cc1cc(C)nc(Nc2ccc(C(=O)NCCO)cc2)n1. The van der Waals surface area contributed by atoms with Crippen molar-refractivity contribution >= 4 is 17.5 Å². The quantitative estimate of drug-likeness (QED) is 0.776. The Morgan fingerprint density at radius 3 is 2.33 bits per heavy atom. The summed E-state index contributed by atoms with van der Waals surface area (Å²) in [7, 11) is 0. The van der Waals surface area contributed by atoms with E-state index in [9.17, 15) is 4.79 Å². The van der Waals surface area contributed by atoms with Crippen LogP contribution >= 0.6 is 0 Å². The Bertz CT molecular complexity index is 606. The summed E-state index contributed by atoms with van der Waals surface area (Å²) >= 11 is 0. The molecule has 110 valence electrons. The Balaban J connectivity index is 2.07. The number of aryl methyl sites for hydroxylation is 2. The molecular weight excluding hydrogens is 268 g/mol. The molecule has 0 saturated heterocycles. The van der Waals surface area contributed by atoms with Crippen LogP contribution in [0.2, 0.25) is 0 Å². The highest BCUT2D eigenvalue weighted by Crippen LogP contribution is 2.14. The number of anilines is 2. The van der Waals surface area contributed by atoms with Gasteiger partial charge in [-0.25, -0.2) is 9.97 Å². The second-order valence-electron chi connectivity index (χ2n) is 4.66. The molecule has 2 rings (SSSR count). The molecular formula is C15H18N4O2. The fourth-order valence-corrected chi connectivity index (χ4v) is 1.89. The maximum Gasteiger partial charge on any atom is 0.251 e. The highest BCUT2D eigenvalue weighted by atomic mass is 16.3. The molecule has 0 radical (unpaired) electrons. The number of benzene rings is 1. The zero-order valence-electron chi connectivity index (χ0n) is 12.1. The highest BCUT2D eigenvalue weighted by Gasteiger charge is 2.05. The molecule has 0 aliphatic rings. The molecule has 0 saturated carbocycles. The van der Waals surface area contributed by atoms with Crippen molar-refractivity contribution in [2.24, 2.45) is 0 Å². The van der Waals surface area contributed by atoms with Crippen molar-refractivity contribution in [3.8, 4) is 0 Å². The van der Waals surface area contributed by atoms with E-state index >= 15 is 0 Å². The van der Waals surface area contributed by atoms with Crippen LogP contribution in [0.25, 0.3) is 0 Å². The number of aliphatic hydroxyl groups is 1. The Labute approximate surface area is 123 Å². The summed E-state index contributed by atoms with van der Waals surface area (Å²) in [4.78, 5) is 20.3. The van der Waals surface area contributed by atoms with Crippen molar-refractivity contribution < 1.29 is 9.90 Å². The number of aromatic nitrogens is 2. The molecule has 21 heavy (non-hydrogen) atoms. The topological polar surface area (TPSA) is 87.1 Å². The summed E-state index contributed by atoms with van der Waals surface area (Å²) in [5.41, 5.74) is 3.13. The Morgan fingerprint density at radius 1 is 1.14 bits per heavy atom. The largest absolute Gasteiger partial charge is 0.395 e. The van der Waals surface area contributed by atoms with Gasteiger partial charge in [-0.2, -0.15) is 0 Å². The number of carbonyl (C=O) groups is 1. The normalized spacial score (nSPS) is 10.2. The third-order valence-electron chi connectivity index (χ3n) is 2.78. The number of amides is 1. The molecule has 1 aromatic heterocycles. The third-order valence-corrected chi connectivity index (χ3v) is 2.78. The smallest absolute Gasteiger partial charge is 0.251 e. The minimum absolute atomic E-state index is 0.0740. The predicted molar refractivity (Wildman–Crippen MR) is 80.6 cm³/mol. The summed E-state index contributed by atoms with van der Waals surface area (Å²) in [6.07, 6.45) is 0. The number of carbonyl (C=O) groups excluding carboxylic acids is 1. The Kier molecular flexibility index (Phi) is 4.84. The minimum Gasteiger partial charge on any atom is -0.395 e. The first kappa shape index (κ1) is 14.9. The summed E-state index contributed by atoms with van der Waals surface area (Å²) in [6, 6.07) is 8.89. The van der Waals surface area contributed by atoms with Gasteiger partial charge in [-0.15, -0.1) is 0 Å². The minimum atomic E-state index is -0.210. The van der Waals surface area contributed by atoms with Gasteiger partial charge in [0.2, 0.25) is 5.95 Å². The first-order valence-electron chi connectivity index (χ1n) is 6.67. The number of hydrogen-bond donors (Lipinski definition) is 3. The molecule has 0 aliphatic heterocycles. The average molecular weight is 286 g/mol. The zero-order valence-corrected chi connectivity index (χ0v) is 12.1. The van der Waals surface area contributed by atoms with Crippen LogP contribution in [-0.4, -0.2) is 34.1 Å². The van der Waals surface area contributed by atoms with Crippen molar-refractivity contribution in [1.82, 2.24) is 15.3 Å². The van der Waals surface area contributed by atoms with Gasteiger partial charge in [0.05, 0.1) is 6.61 Å². The number of rotatable bonds is 5. The van der Waals surface area contributed by atoms with Gasteiger partial charge in [0, 0.05) is 29.2 Å². The predicted octanol–water partition coefficient (Wildman–Crippen LogP) is 1.56. The van der Waals surface area contributed by atoms with Crippen LogP contribution in [0.5, 0.6) is 0 Å². The van der Waals surface area contributed by atoms with Crippen molar-refractivity contribution in [1.29, 1.82) is 0 Å². The van der Waals surface area contributed by atoms with Crippen LogP contribution in [-0.2, 0) is 0 Å². The van der Waals surface area contributed by atoms with Crippen molar-refractivity contribution in [3.63, 3.8) is 0 Å². The molecule has 1 heterocycles. The lowest BCUT2D eigenvalue weighted by Gasteiger charge is -2.08. The van der Waals surface area contributed by atoms with Gasteiger partial charge >= 0.3 is 0 Å². The zero-order chi connectivity index (χ0) is 15.2. The molecule has 6 nitrogen and oxygen atoms in total. The van der Waals surface area contributed by atoms with E-state index in [1.165, 1.54) is 0 Å². The number of aliphatic hydroxyl groups excluding tert-OH is 1. The van der Waals surface area contributed by atoms with Crippen LogP contribution in [0.15, 0.2) is 30.3 Å².